The Bertz CT molecular complexity index is 624. The number of hydrogen-bond donors (Lipinski definition) is 1. The average molecular weight is 299 g/mol. The number of benzene rings is 1. The Morgan fingerprint density at radius 2 is 2.18 bits per heavy atom. The summed E-state index contributed by atoms with van der Waals surface area (Å²) in [6.45, 7) is 2.41. The van der Waals surface area contributed by atoms with Crippen molar-refractivity contribution in [2.45, 2.75) is 32.0 Å². The van der Waals surface area contributed by atoms with E-state index in [1.807, 2.05) is 30.3 Å². The maximum absolute atomic E-state index is 12.1. The molecule has 1 aliphatic rings. The van der Waals surface area contributed by atoms with Gasteiger partial charge in [-0.25, -0.2) is 0 Å². The van der Waals surface area contributed by atoms with Crippen molar-refractivity contribution in [2.24, 2.45) is 0 Å². The van der Waals surface area contributed by atoms with Crippen molar-refractivity contribution < 1.29 is 4.79 Å². The first-order valence-corrected chi connectivity index (χ1v) is 7.65. The van der Waals surface area contributed by atoms with Gasteiger partial charge in [-0.05, 0) is 32.0 Å². The lowest BCUT2D eigenvalue weighted by atomic mass is 10.2. The van der Waals surface area contributed by atoms with E-state index in [0.29, 0.717) is 18.3 Å². The topological polar surface area (TPSA) is 63.1 Å². The summed E-state index contributed by atoms with van der Waals surface area (Å²) in [6.07, 6.45) is 4.12. The number of rotatable bonds is 5. The summed E-state index contributed by atoms with van der Waals surface area (Å²) in [6, 6.07) is 10.3. The molecule has 1 amide bonds. The van der Waals surface area contributed by atoms with Crippen LogP contribution in [0.2, 0.25) is 0 Å². The van der Waals surface area contributed by atoms with E-state index in [0.717, 1.165) is 18.7 Å². The Morgan fingerprint density at radius 3 is 2.91 bits per heavy atom. The molecule has 1 N–H and O–H groups in total. The van der Waals surface area contributed by atoms with Gasteiger partial charge in [0.05, 0.1) is 12.7 Å². The van der Waals surface area contributed by atoms with Crippen LogP contribution in [0, 0.1) is 0 Å². The number of likely N-dealkylation sites (N-methyl/N-ethyl adjacent to an activating group) is 1. The van der Waals surface area contributed by atoms with Gasteiger partial charge in [0.15, 0.2) is 5.69 Å². The van der Waals surface area contributed by atoms with Crippen molar-refractivity contribution in [3.63, 3.8) is 0 Å². The quantitative estimate of drug-likeness (QED) is 0.904. The molecule has 0 unspecified atom stereocenters. The van der Waals surface area contributed by atoms with Crippen molar-refractivity contribution in [3.8, 4) is 0 Å². The summed E-state index contributed by atoms with van der Waals surface area (Å²) >= 11 is 0. The van der Waals surface area contributed by atoms with Crippen molar-refractivity contribution in [1.82, 2.24) is 25.2 Å². The van der Waals surface area contributed by atoms with Gasteiger partial charge in [-0.2, -0.15) is 0 Å². The maximum atomic E-state index is 12.1. The minimum Gasteiger partial charge on any atom is -0.347 e. The zero-order chi connectivity index (χ0) is 15.4. The molecule has 2 heterocycles. The van der Waals surface area contributed by atoms with Crippen LogP contribution in [0.3, 0.4) is 0 Å². The SMILES string of the molecule is CN1CCC[C@H]1Cn1cc(C(=O)NCc2ccccc2)nn1. The van der Waals surface area contributed by atoms with E-state index in [1.54, 1.807) is 10.9 Å². The fourth-order valence-electron chi connectivity index (χ4n) is 2.79. The molecule has 3 rings (SSSR count). The lowest BCUT2D eigenvalue weighted by Crippen LogP contribution is -2.29. The van der Waals surface area contributed by atoms with Crippen LogP contribution in [-0.2, 0) is 13.1 Å². The van der Waals surface area contributed by atoms with Gasteiger partial charge in [-0.3, -0.25) is 9.48 Å². The number of nitrogens with one attached hydrogen (secondary N) is 1. The van der Waals surface area contributed by atoms with Gasteiger partial charge in [0.25, 0.3) is 5.91 Å². The minimum atomic E-state index is -0.185. The van der Waals surface area contributed by atoms with Crippen LogP contribution < -0.4 is 5.32 Å². The Balaban J connectivity index is 1.55. The average Bonchev–Trinajstić information content (AvgIpc) is 3.16. The third kappa shape index (κ3) is 3.51. The highest BCUT2D eigenvalue weighted by Gasteiger charge is 2.22. The predicted octanol–water partition coefficient (Wildman–Crippen LogP) is 1.30. The first kappa shape index (κ1) is 14.7. The number of carbonyl (C=O) groups excluding carboxylic acids is 1. The van der Waals surface area contributed by atoms with E-state index >= 15 is 0 Å². The second kappa shape index (κ2) is 6.70. The van der Waals surface area contributed by atoms with E-state index in [9.17, 15) is 4.79 Å². The lowest BCUT2D eigenvalue weighted by molar-refractivity contribution is 0.0946. The van der Waals surface area contributed by atoms with Crippen molar-refractivity contribution in [2.75, 3.05) is 13.6 Å². The molecular weight excluding hydrogens is 278 g/mol. The normalized spacial score (nSPS) is 18.5. The van der Waals surface area contributed by atoms with E-state index in [4.69, 9.17) is 0 Å². The van der Waals surface area contributed by atoms with Crippen LogP contribution >= 0.6 is 0 Å². The molecular formula is C16H21N5O. The maximum Gasteiger partial charge on any atom is 0.273 e. The van der Waals surface area contributed by atoms with E-state index < -0.39 is 0 Å². The molecule has 0 aliphatic carbocycles. The highest BCUT2D eigenvalue weighted by atomic mass is 16.2. The molecule has 0 saturated carbocycles. The molecule has 0 bridgehead atoms. The molecule has 116 valence electrons. The molecule has 6 heteroatoms. The Morgan fingerprint density at radius 1 is 1.36 bits per heavy atom. The van der Waals surface area contributed by atoms with Crippen LogP contribution in [0.1, 0.15) is 28.9 Å². The largest absolute Gasteiger partial charge is 0.347 e. The molecule has 22 heavy (non-hydrogen) atoms. The van der Waals surface area contributed by atoms with Crippen LogP contribution in [0.4, 0.5) is 0 Å². The highest BCUT2D eigenvalue weighted by Crippen LogP contribution is 2.16. The van der Waals surface area contributed by atoms with Crippen LogP contribution in [0.5, 0.6) is 0 Å². The molecule has 0 radical (unpaired) electrons. The second-order valence-electron chi connectivity index (χ2n) is 5.77. The number of aromatic nitrogens is 3. The second-order valence-corrected chi connectivity index (χ2v) is 5.77. The summed E-state index contributed by atoms with van der Waals surface area (Å²) in [5.74, 6) is -0.185. The number of amides is 1. The summed E-state index contributed by atoms with van der Waals surface area (Å²) < 4.78 is 1.77. The third-order valence-corrected chi connectivity index (χ3v) is 4.14. The van der Waals surface area contributed by atoms with E-state index in [-0.39, 0.29) is 5.91 Å². The van der Waals surface area contributed by atoms with Crippen LogP contribution in [0.25, 0.3) is 0 Å². The van der Waals surface area contributed by atoms with Crippen molar-refractivity contribution in [1.29, 1.82) is 0 Å². The fraction of sp³-hybridized carbons (Fsp3) is 0.438. The van der Waals surface area contributed by atoms with Gasteiger partial charge in [0.1, 0.15) is 0 Å². The number of carbonyl (C=O) groups is 1. The molecule has 2 aromatic rings. The molecule has 1 aliphatic heterocycles. The predicted molar refractivity (Wildman–Crippen MR) is 83.3 cm³/mol. The molecule has 1 fully saturated rings. The summed E-state index contributed by atoms with van der Waals surface area (Å²) in [7, 11) is 2.13. The van der Waals surface area contributed by atoms with Gasteiger partial charge >= 0.3 is 0 Å². The third-order valence-electron chi connectivity index (χ3n) is 4.14. The standard InChI is InChI=1S/C16H21N5O/c1-20-9-5-8-14(20)11-21-12-15(18-19-21)16(22)17-10-13-6-3-2-4-7-13/h2-4,6-7,12,14H,5,8-11H2,1H3,(H,17,22)/t14-/m0/s1. The minimum absolute atomic E-state index is 0.185. The van der Waals surface area contributed by atoms with Gasteiger partial charge < -0.3 is 10.2 Å². The zero-order valence-corrected chi connectivity index (χ0v) is 12.8. The van der Waals surface area contributed by atoms with Crippen LogP contribution in [-0.4, -0.2) is 45.4 Å². The number of nitrogens with zero attached hydrogens (tertiary/aromatic N) is 4. The molecule has 6 nitrogen and oxygen atoms in total. The fourth-order valence-corrected chi connectivity index (χ4v) is 2.79. The molecule has 1 saturated heterocycles. The Labute approximate surface area is 130 Å². The van der Waals surface area contributed by atoms with E-state index in [2.05, 4.69) is 27.6 Å². The van der Waals surface area contributed by atoms with Crippen LogP contribution in [0.15, 0.2) is 36.5 Å². The first-order valence-electron chi connectivity index (χ1n) is 7.65. The smallest absolute Gasteiger partial charge is 0.273 e. The lowest BCUT2D eigenvalue weighted by Gasteiger charge is -2.18. The van der Waals surface area contributed by atoms with Gasteiger partial charge in [0, 0.05) is 12.6 Å². The van der Waals surface area contributed by atoms with Crippen molar-refractivity contribution >= 4 is 5.91 Å². The monoisotopic (exact) mass is 299 g/mol. The summed E-state index contributed by atoms with van der Waals surface area (Å²) in [5.41, 5.74) is 1.44. The molecule has 0 spiro atoms. The molecule has 1 aromatic carbocycles. The van der Waals surface area contributed by atoms with Gasteiger partial charge in [-0.15, -0.1) is 5.10 Å². The highest BCUT2D eigenvalue weighted by molar-refractivity contribution is 5.91. The van der Waals surface area contributed by atoms with Gasteiger partial charge in [0.2, 0.25) is 0 Å². The van der Waals surface area contributed by atoms with E-state index in [1.165, 1.54) is 12.8 Å². The molecule has 1 atom stereocenters. The van der Waals surface area contributed by atoms with Crippen molar-refractivity contribution in [3.05, 3.63) is 47.8 Å². The first-order chi connectivity index (χ1) is 10.7. The number of likely N-dealkylation sites (tertiary alicyclic amines) is 1. The summed E-state index contributed by atoms with van der Waals surface area (Å²) in [5, 5.41) is 10.9. The van der Waals surface area contributed by atoms with Gasteiger partial charge in [-0.1, -0.05) is 35.5 Å². The summed E-state index contributed by atoms with van der Waals surface area (Å²) in [4.78, 5) is 14.4. The zero-order valence-electron chi connectivity index (χ0n) is 12.8. The molecule has 1 aromatic heterocycles. The Kier molecular flexibility index (Phi) is 4.48. The number of hydrogen-bond acceptors (Lipinski definition) is 4. The Hall–Kier alpha value is -2.21.